The second-order valence-electron chi connectivity index (χ2n) is 5.49. The lowest BCUT2D eigenvalue weighted by molar-refractivity contribution is -0.120. The molecule has 102 valence electrons. The van der Waals surface area contributed by atoms with Gasteiger partial charge in [0.15, 0.2) is 0 Å². The molecule has 1 N–H and O–H groups in total. The topological polar surface area (TPSA) is 29.1 Å². The van der Waals surface area contributed by atoms with Gasteiger partial charge >= 0.3 is 0 Å². The molecule has 3 rings (SSSR count). The maximum Gasteiger partial charge on any atom is 0.228 e. The third-order valence-electron chi connectivity index (χ3n) is 3.87. The first-order valence-electron chi connectivity index (χ1n) is 7.23. The Labute approximate surface area is 119 Å². The van der Waals surface area contributed by atoms with Gasteiger partial charge in [-0.3, -0.25) is 4.79 Å². The van der Waals surface area contributed by atoms with Gasteiger partial charge in [-0.05, 0) is 42.9 Å². The number of nitrogens with one attached hydrogen (secondary N) is 1. The number of hydrogen-bond donors (Lipinski definition) is 1. The molecule has 2 aromatic rings. The van der Waals surface area contributed by atoms with Crippen molar-refractivity contribution in [3.63, 3.8) is 0 Å². The monoisotopic (exact) mass is 265 g/mol. The van der Waals surface area contributed by atoms with Crippen LogP contribution in [-0.4, -0.2) is 5.91 Å². The Balaban J connectivity index is 1.69. The van der Waals surface area contributed by atoms with Crippen LogP contribution in [0, 0.1) is 11.8 Å². The van der Waals surface area contributed by atoms with Crippen LogP contribution in [0.3, 0.4) is 0 Å². The van der Waals surface area contributed by atoms with E-state index in [-0.39, 0.29) is 11.8 Å². The standard InChI is InChI=1S/C18H19NO/c20-18(19-16-9-5-2-6-10-16)17(15-11-12-15)13-14-7-3-1-4-8-14/h1-10,15,17H,11-13H2,(H,19,20). The first kappa shape index (κ1) is 12.9. The van der Waals surface area contributed by atoms with Gasteiger partial charge in [0, 0.05) is 11.6 Å². The highest BCUT2D eigenvalue weighted by Gasteiger charge is 2.36. The van der Waals surface area contributed by atoms with Crippen molar-refractivity contribution in [2.75, 3.05) is 5.32 Å². The van der Waals surface area contributed by atoms with Gasteiger partial charge in [0.25, 0.3) is 0 Å². The van der Waals surface area contributed by atoms with Crippen molar-refractivity contribution in [3.05, 3.63) is 66.2 Å². The van der Waals surface area contributed by atoms with E-state index in [2.05, 4.69) is 17.4 Å². The highest BCUT2D eigenvalue weighted by molar-refractivity contribution is 5.93. The Morgan fingerprint density at radius 1 is 1.00 bits per heavy atom. The number of rotatable bonds is 5. The van der Waals surface area contributed by atoms with Crippen LogP contribution in [-0.2, 0) is 11.2 Å². The molecule has 0 bridgehead atoms. The predicted octanol–water partition coefficient (Wildman–Crippen LogP) is 3.89. The van der Waals surface area contributed by atoms with E-state index in [1.165, 1.54) is 18.4 Å². The van der Waals surface area contributed by atoms with Crippen LogP contribution in [0.5, 0.6) is 0 Å². The highest BCUT2D eigenvalue weighted by atomic mass is 16.1. The Bertz CT molecular complexity index is 560. The first-order chi connectivity index (χ1) is 9.83. The summed E-state index contributed by atoms with van der Waals surface area (Å²) in [6, 6.07) is 20.0. The Kier molecular flexibility index (Phi) is 3.82. The number of para-hydroxylation sites is 1. The zero-order valence-corrected chi connectivity index (χ0v) is 11.5. The molecule has 1 unspecified atom stereocenters. The molecule has 20 heavy (non-hydrogen) atoms. The molecule has 2 heteroatoms. The van der Waals surface area contributed by atoms with Crippen molar-refractivity contribution in [2.24, 2.45) is 11.8 Å². The molecule has 1 amide bonds. The SMILES string of the molecule is O=C(Nc1ccccc1)C(Cc1ccccc1)C1CC1. The molecular formula is C18H19NO. The summed E-state index contributed by atoms with van der Waals surface area (Å²) >= 11 is 0. The molecule has 0 spiro atoms. The van der Waals surface area contributed by atoms with Crippen LogP contribution in [0.4, 0.5) is 5.69 Å². The smallest absolute Gasteiger partial charge is 0.228 e. The van der Waals surface area contributed by atoms with Crippen molar-refractivity contribution in [3.8, 4) is 0 Å². The maximum absolute atomic E-state index is 12.5. The zero-order valence-electron chi connectivity index (χ0n) is 11.5. The number of carbonyl (C=O) groups is 1. The third kappa shape index (κ3) is 3.27. The summed E-state index contributed by atoms with van der Waals surface area (Å²) in [6.45, 7) is 0. The molecule has 1 fully saturated rings. The van der Waals surface area contributed by atoms with Crippen molar-refractivity contribution >= 4 is 11.6 Å². The lowest BCUT2D eigenvalue weighted by Crippen LogP contribution is -2.26. The quantitative estimate of drug-likeness (QED) is 0.873. The van der Waals surface area contributed by atoms with Crippen LogP contribution in [0.1, 0.15) is 18.4 Å². The fourth-order valence-electron chi connectivity index (χ4n) is 2.60. The van der Waals surface area contributed by atoms with Gasteiger partial charge in [-0.15, -0.1) is 0 Å². The molecule has 0 aliphatic heterocycles. The number of benzene rings is 2. The van der Waals surface area contributed by atoms with Gasteiger partial charge < -0.3 is 5.32 Å². The van der Waals surface area contributed by atoms with E-state index in [4.69, 9.17) is 0 Å². The molecule has 1 aliphatic carbocycles. The molecule has 0 saturated heterocycles. The normalized spacial score (nSPS) is 15.6. The number of amides is 1. The summed E-state index contributed by atoms with van der Waals surface area (Å²) in [6.07, 6.45) is 3.20. The van der Waals surface area contributed by atoms with Crippen molar-refractivity contribution in [1.29, 1.82) is 0 Å². The lowest BCUT2D eigenvalue weighted by Gasteiger charge is -2.16. The molecule has 0 heterocycles. The minimum atomic E-state index is 0.0950. The minimum absolute atomic E-state index is 0.0950. The molecule has 0 aromatic heterocycles. The van der Waals surface area contributed by atoms with Gasteiger partial charge in [0.1, 0.15) is 0 Å². The van der Waals surface area contributed by atoms with E-state index in [1.54, 1.807) is 0 Å². The van der Waals surface area contributed by atoms with Crippen molar-refractivity contribution < 1.29 is 4.79 Å². The van der Waals surface area contributed by atoms with Crippen LogP contribution in [0.2, 0.25) is 0 Å². The minimum Gasteiger partial charge on any atom is -0.326 e. The van der Waals surface area contributed by atoms with Crippen LogP contribution >= 0.6 is 0 Å². The van der Waals surface area contributed by atoms with Gasteiger partial charge in [-0.1, -0.05) is 48.5 Å². The predicted molar refractivity (Wildman–Crippen MR) is 81.4 cm³/mol. The molecule has 0 radical (unpaired) electrons. The molecule has 2 nitrogen and oxygen atoms in total. The van der Waals surface area contributed by atoms with Crippen LogP contribution in [0.25, 0.3) is 0 Å². The Morgan fingerprint density at radius 3 is 2.20 bits per heavy atom. The second-order valence-corrected chi connectivity index (χ2v) is 5.49. The highest BCUT2D eigenvalue weighted by Crippen LogP contribution is 2.39. The fraction of sp³-hybridized carbons (Fsp3) is 0.278. The van der Waals surface area contributed by atoms with Crippen LogP contribution < -0.4 is 5.32 Å². The van der Waals surface area contributed by atoms with E-state index >= 15 is 0 Å². The van der Waals surface area contributed by atoms with E-state index in [1.807, 2.05) is 48.5 Å². The fourth-order valence-corrected chi connectivity index (χ4v) is 2.60. The molecule has 1 aliphatic rings. The van der Waals surface area contributed by atoms with Crippen LogP contribution in [0.15, 0.2) is 60.7 Å². The maximum atomic E-state index is 12.5. The molecular weight excluding hydrogens is 246 g/mol. The number of hydrogen-bond acceptors (Lipinski definition) is 1. The molecule has 1 saturated carbocycles. The lowest BCUT2D eigenvalue weighted by atomic mass is 9.94. The van der Waals surface area contributed by atoms with Gasteiger partial charge in [-0.25, -0.2) is 0 Å². The van der Waals surface area contributed by atoms with E-state index in [0.717, 1.165) is 12.1 Å². The summed E-state index contributed by atoms with van der Waals surface area (Å²) < 4.78 is 0. The van der Waals surface area contributed by atoms with Crippen molar-refractivity contribution in [1.82, 2.24) is 0 Å². The summed E-state index contributed by atoms with van der Waals surface area (Å²) in [7, 11) is 0. The summed E-state index contributed by atoms with van der Waals surface area (Å²) in [5.41, 5.74) is 2.13. The van der Waals surface area contributed by atoms with Gasteiger partial charge in [0.05, 0.1) is 0 Å². The van der Waals surface area contributed by atoms with E-state index in [0.29, 0.717) is 5.92 Å². The molecule has 2 aromatic carbocycles. The number of carbonyl (C=O) groups excluding carboxylic acids is 1. The summed E-state index contributed by atoms with van der Waals surface area (Å²) in [5, 5.41) is 3.04. The third-order valence-corrected chi connectivity index (χ3v) is 3.87. The zero-order chi connectivity index (χ0) is 13.8. The van der Waals surface area contributed by atoms with Gasteiger partial charge in [-0.2, -0.15) is 0 Å². The Hall–Kier alpha value is -2.09. The van der Waals surface area contributed by atoms with Crippen molar-refractivity contribution in [2.45, 2.75) is 19.3 Å². The number of anilines is 1. The molecule has 1 atom stereocenters. The Morgan fingerprint density at radius 2 is 1.60 bits per heavy atom. The van der Waals surface area contributed by atoms with E-state index < -0.39 is 0 Å². The van der Waals surface area contributed by atoms with Gasteiger partial charge in [0.2, 0.25) is 5.91 Å². The summed E-state index contributed by atoms with van der Waals surface area (Å²) in [5.74, 6) is 0.805. The average molecular weight is 265 g/mol. The average Bonchev–Trinajstić information content (AvgIpc) is 3.31. The summed E-state index contributed by atoms with van der Waals surface area (Å²) in [4.78, 5) is 12.5. The largest absolute Gasteiger partial charge is 0.326 e. The van der Waals surface area contributed by atoms with E-state index in [9.17, 15) is 4.79 Å². The first-order valence-corrected chi connectivity index (χ1v) is 7.23. The second kappa shape index (κ2) is 5.91.